The molecule has 1 saturated carbocycles. The molecule has 4 atom stereocenters. The Morgan fingerprint density at radius 1 is 1.12 bits per heavy atom. The molecule has 11 heteroatoms. The van der Waals surface area contributed by atoms with E-state index in [0.717, 1.165) is 31.4 Å². The molecule has 40 heavy (non-hydrogen) atoms. The van der Waals surface area contributed by atoms with Gasteiger partial charge in [-0.15, -0.1) is 0 Å². The standard InChI is InChI=1S/C29H38N4O7/c1-32(2)18-11-14(12-31-15-7-5-6-8-15)23(34)20-16(18)9-13-10-17-22(33(3)4)25(36)21(28(30)39)27(38)29(17,40)26(37)19(13)24(20)35/h11,13,15,17,22,31,34,36-37,40H,5-10,12H2,1-4H3,(H2,30,39)/t13-,17-,22?,29-/m0/s1. The lowest BCUT2D eigenvalue weighted by Crippen LogP contribution is -2.63. The number of aromatic hydroxyl groups is 1. The monoisotopic (exact) mass is 554 g/mol. The molecule has 1 aromatic rings. The maximum absolute atomic E-state index is 14.1. The van der Waals surface area contributed by atoms with Crippen LogP contribution in [0.15, 0.2) is 28.7 Å². The van der Waals surface area contributed by atoms with E-state index in [1.54, 1.807) is 14.1 Å². The van der Waals surface area contributed by atoms with Crippen LogP contribution in [0.25, 0.3) is 0 Å². The number of phenolic OH excluding ortho intramolecular Hbond substituents is 1. The van der Waals surface area contributed by atoms with Crippen molar-refractivity contribution < 1.29 is 34.8 Å². The molecule has 0 radical (unpaired) electrons. The average Bonchev–Trinajstić information content (AvgIpc) is 3.39. The van der Waals surface area contributed by atoms with Crippen molar-refractivity contribution in [2.24, 2.45) is 17.6 Å². The SMILES string of the molecule is CN(C)c1cc(CNC2CCCC2)c(O)c2c1C[C@H]1C[C@H]3C(N(C)C)C(O)=C(C(N)=O)C(=O)[C@@]3(O)C(O)=C1C2=O. The van der Waals surface area contributed by atoms with Gasteiger partial charge in [0, 0.05) is 49.4 Å². The quantitative estimate of drug-likeness (QED) is 0.280. The van der Waals surface area contributed by atoms with E-state index in [0.29, 0.717) is 23.7 Å². The Hall–Kier alpha value is -3.41. The van der Waals surface area contributed by atoms with Gasteiger partial charge >= 0.3 is 0 Å². The maximum atomic E-state index is 14.1. The maximum Gasteiger partial charge on any atom is 0.255 e. The van der Waals surface area contributed by atoms with Gasteiger partial charge in [0.25, 0.3) is 5.91 Å². The number of primary amides is 1. The molecule has 1 unspecified atom stereocenters. The number of carbonyl (C=O) groups is 3. The summed E-state index contributed by atoms with van der Waals surface area (Å²) in [6.45, 7) is 0.355. The second-order valence-corrected chi connectivity index (χ2v) is 12.0. The zero-order valence-corrected chi connectivity index (χ0v) is 23.3. The van der Waals surface area contributed by atoms with Crippen molar-refractivity contribution in [2.45, 2.75) is 62.8 Å². The summed E-state index contributed by atoms with van der Waals surface area (Å²) in [5.74, 6) is -6.44. The third-order valence-corrected chi connectivity index (χ3v) is 9.20. The first-order valence-corrected chi connectivity index (χ1v) is 13.7. The zero-order valence-electron chi connectivity index (χ0n) is 23.3. The van der Waals surface area contributed by atoms with Crippen LogP contribution in [-0.2, 0) is 22.6 Å². The molecule has 0 aromatic heterocycles. The van der Waals surface area contributed by atoms with E-state index in [1.165, 1.54) is 4.90 Å². The number of ketones is 2. The summed E-state index contributed by atoms with van der Waals surface area (Å²) >= 11 is 0. The fourth-order valence-electron chi connectivity index (χ4n) is 7.27. The number of likely N-dealkylation sites (N-methyl/N-ethyl adjacent to an activating group) is 1. The number of nitrogens with one attached hydrogen (secondary N) is 1. The summed E-state index contributed by atoms with van der Waals surface area (Å²) in [6.07, 6.45) is 4.70. The molecule has 1 aromatic carbocycles. The normalized spacial score (nSPS) is 28.6. The Morgan fingerprint density at radius 3 is 2.35 bits per heavy atom. The van der Waals surface area contributed by atoms with Gasteiger partial charge in [0.15, 0.2) is 11.4 Å². The van der Waals surface area contributed by atoms with Gasteiger partial charge < -0.3 is 36.4 Å². The number of phenols is 1. The van der Waals surface area contributed by atoms with Gasteiger partial charge in [-0.25, -0.2) is 0 Å². The van der Waals surface area contributed by atoms with Crippen molar-refractivity contribution in [3.8, 4) is 5.75 Å². The molecule has 4 aliphatic rings. The Balaban J connectivity index is 1.65. The Labute approximate surface area is 232 Å². The topological polar surface area (TPSA) is 177 Å². The number of rotatable bonds is 6. The third kappa shape index (κ3) is 4.02. The molecule has 0 aliphatic heterocycles. The number of carbonyl (C=O) groups excluding carboxylic acids is 3. The largest absolute Gasteiger partial charge is 0.510 e. The van der Waals surface area contributed by atoms with Crippen LogP contribution in [-0.4, -0.2) is 88.7 Å². The second kappa shape index (κ2) is 9.90. The molecule has 0 spiro atoms. The summed E-state index contributed by atoms with van der Waals surface area (Å²) < 4.78 is 0. The number of Topliss-reactive ketones (excluding diaryl/α,β-unsaturated/α-hetero) is 2. The van der Waals surface area contributed by atoms with E-state index in [4.69, 9.17) is 5.73 Å². The van der Waals surface area contributed by atoms with Crippen molar-refractivity contribution in [2.75, 3.05) is 33.1 Å². The number of anilines is 1. The Kier molecular flexibility index (Phi) is 6.96. The first-order chi connectivity index (χ1) is 18.8. The van der Waals surface area contributed by atoms with Crippen LogP contribution in [0.2, 0.25) is 0 Å². The van der Waals surface area contributed by atoms with Crippen molar-refractivity contribution >= 4 is 23.2 Å². The van der Waals surface area contributed by atoms with Crippen LogP contribution in [0.5, 0.6) is 5.75 Å². The Bertz CT molecular complexity index is 1360. The summed E-state index contributed by atoms with van der Waals surface area (Å²) in [5, 5.41) is 49.0. The third-order valence-electron chi connectivity index (χ3n) is 9.20. The van der Waals surface area contributed by atoms with E-state index in [1.807, 2.05) is 25.1 Å². The van der Waals surface area contributed by atoms with Gasteiger partial charge in [-0.05, 0) is 57.3 Å². The van der Waals surface area contributed by atoms with Gasteiger partial charge in [-0.2, -0.15) is 0 Å². The smallest absolute Gasteiger partial charge is 0.255 e. The molecule has 1 fully saturated rings. The van der Waals surface area contributed by atoms with Crippen molar-refractivity contribution in [1.82, 2.24) is 10.2 Å². The number of nitrogens with two attached hydrogens (primary N) is 1. The van der Waals surface area contributed by atoms with Crippen LogP contribution in [0.1, 0.15) is 53.6 Å². The minimum atomic E-state index is -2.65. The number of nitrogens with zero attached hydrogens (tertiary/aromatic N) is 2. The first-order valence-electron chi connectivity index (χ1n) is 13.7. The molecule has 4 aliphatic carbocycles. The molecule has 0 saturated heterocycles. The number of hydrogen-bond acceptors (Lipinski definition) is 10. The highest BCUT2D eigenvalue weighted by molar-refractivity contribution is 6.24. The number of amides is 1. The predicted octanol–water partition coefficient (Wildman–Crippen LogP) is 1.22. The molecule has 216 valence electrons. The second-order valence-electron chi connectivity index (χ2n) is 12.0. The van der Waals surface area contributed by atoms with Crippen LogP contribution in [0, 0.1) is 11.8 Å². The van der Waals surface area contributed by atoms with Gasteiger partial charge in [0.1, 0.15) is 22.8 Å². The first kappa shape index (κ1) is 28.1. The van der Waals surface area contributed by atoms with Crippen molar-refractivity contribution in [3.63, 3.8) is 0 Å². The van der Waals surface area contributed by atoms with Gasteiger partial charge in [0.05, 0.1) is 11.6 Å². The minimum absolute atomic E-state index is 0.0372. The minimum Gasteiger partial charge on any atom is -0.510 e. The molecule has 0 bridgehead atoms. The highest BCUT2D eigenvalue weighted by Gasteiger charge is 2.63. The molecule has 5 rings (SSSR count). The number of fused-ring (bicyclic) bond motifs is 3. The number of hydrogen-bond donors (Lipinski definition) is 6. The van der Waals surface area contributed by atoms with Gasteiger partial charge in [-0.3, -0.25) is 19.3 Å². The lowest BCUT2D eigenvalue weighted by atomic mass is 9.58. The summed E-state index contributed by atoms with van der Waals surface area (Å²) in [5.41, 5.74) is 3.74. The lowest BCUT2D eigenvalue weighted by molar-refractivity contribution is -0.148. The van der Waals surface area contributed by atoms with Crippen molar-refractivity contribution in [3.05, 3.63) is 45.4 Å². The molecule has 7 N–H and O–H groups in total. The van der Waals surface area contributed by atoms with Gasteiger partial charge in [0.2, 0.25) is 5.78 Å². The zero-order chi connectivity index (χ0) is 29.3. The summed E-state index contributed by atoms with van der Waals surface area (Å²) in [6, 6.07) is 1.19. The predicted molar refractivity (Wildman–Crippen MR) is 147 cm³/mol. The van der Waals surface area contributed by atoms with E-state index in [-0.39, 0.29) is 29.7 Å². The molecular formula is C29H38N4O7. The number of benzene rings is 1. The average molecular weight is 555 g/mol. The summed E-state index contributed by atoms with van der Waals surface area (Å²) in [4.78, 5) is 43.1. The van der Waals surface area contributed by atoms with Gasteiger partial charge in [-0.1, -0.05) is 12.8 Å². The molecule has 1 amide bonds. The van der Waals surface area contributed by atoms with Crippen LogP contribution in [0.3, 0.4) is 0 Å². The fourth-order valence-corrected chi connectivity index (χ4v) is 7.27. The fraction of sp³-hybridized carbons (Fsp3) is 0.552. The highest BCUT2D eigenvalue weighted by Crippen LogP contribution is 2.53. The number of aliphatic hydroxyl groups is 3. The molecule has 0 heterocycles. The number of aliphatic hydroxyl groups excluding tert-OH is 2. The lowest BCUT2D eigenvalue weighted by Gasteiger charge is -2.50. The highest BCUT2D eigenvalue weighted by atomic mass is 16.3. The molecule has 11 nitrogen and oxygen atoms in total. The van der Waals surface area contributed by atoms with Crippen molar-refractivity contribution in [1.29, 1.82) is 0 Å². The van der Waals surface area contributed by atoms with E-state index < -0.39 is 58.0 Å². The van der Waals surface area contributed by atoms with Crippen LogP contribution >= 0.6 is 0 Å². The van der Waals surface area contributed by atoms with E-state index in [2.05, 4.69) is 5.32 Å². The van der Waals surface area contributed by atoms with Crippen LogP contribution < -0.4 is 16.0 Å². The Morgan fingerprint density at radius 2 is 1.77 bits per heavy atom. The number of allylic oxidation sites excluding steroid dienone is 1. The summed E-state index contributed by atoms with van der Waals surface area (Å²) in [7, 11) is 6.92. The van der Waals surface area contributed by atoms with E-state index in [9.17, 15) is 34.8 Å². The molecular weight excluding hydrogens is 516 g/mol. The van der Waals surface area contributed by atoms with Crippen LogP contribution in [0.4, 0.5) is 5.69 Å². The van der Waals surface area contributed by atoms with E-state index >= 15 is 0 Å².